The van der Waals surface area contributed by atoms with Crippen molar-refractivity contribution in [1.29, 1.82) is 0 Å². The van der Waals surface area contributed by atoms with Gasteiger partial charge in [0.1, 0.15) is 5.52 Å². The van der Waals surface area contributed by atoms with Crippen LogP contribution in [-0.4, -0.2) is 24.7 Å². The molecule has 0 spiro atoms. The molecule has 0 saturated carbocycles. The summed E-state index contributed by atoms with van der Waals surface area (Å²) in [6.45, 7) is 0. The minimum Gasteiger partial charge on any atom is -0.326 e. The van der Waals surface area contributed by atoms with Crippen molar-refractivity contribution in [1.82, 2.24) is 20.3 Å². The molecule has 118 valence electrons. The first kappa shape index (κ1) is 16.1. The van der Waals surface area contributed by atoms with Crippen LogP contribution >= 0.6 is 34.8 Å². The number of nitrogens with zero attached hydrogens (tertiary/aromatic N) is 3. The van der Waals surface area contributed by atoms with E-state index in [2.05, 4.69) is 15.6 Å². The largest absolute Gasteiger partial charge is 0.326 e. The molecule has 2 aromatic carbocycles. The summed E-state index contributed by atoms with van der Waals surface area (Å²) in [6.07, 6.45) is -1.01. The summed E-state index contributed by atoms with van der Waals surface area (Å²) < 4.78 is -0.413. The molecule has 1 atom stereocenters. The highest BCUT2D eigenvalue weighted by Crippen LogP contribution is 2.37. The lowest BCUT2D eigenvalue weighted by Gasteiger charge is -2.25. The molecule has 0 bridgehead atoms. The lowest BCUT2D eigenvalue weighted by Crippen LogP contribution is -2.41. The van der Waals surface area contributed by atoms with Crippen molar-refractivity contribution in [3.05, 3.63) is 60.2 Å². The molecular weight excluding hydrogens is 359 g/mol. The van der Waals surface area contributed by atoms with Crippen LogP contribution in [0.25, 0.3) is 11.0 Å². The van der Waals surface area contributed by atoms with Crippen LogP contribution in [0.2, 0.25) is 0 Å². The zero-order valence-electron chi connectivity index (χ0n) is 11.7. The Balaban J connectivity index is 1.98. The molecule has 0 unspecified atom stereocenters. The molecule has 0 aliphatic rings. The minimum absolute atomic E-state index is 0.374. The van der Waals surface area contributed by atoms with Gasteiger partial charge in [0.05, 0.1) is 5.52 Å². The van der Waals surface area contributed by atoms with Gasteiger partial charge in [-0.05, 0) is 24.3 Å². The first-order valence-electron chi connectivity index (χ1n) is 6.69. The van der Waals surface area contributed by atoms with Crippen molar-refractivity contribution in [3.63, 3.8) is 0 Å². The monoisotopic (exact) mass is 368 g/mol. The Bertz CT molecular complexity index is 829. The van der Waals surface area contributed by atoms with E-state index in [1.807, 2.05) is 18.2 Å². The summed E-state index contributed by atoms with van der Waals surface area (Å²) in [5.41, 5.74) is 1.74. The standard InChI is InChI=1S/C15H11Cl3N4O/c16-15(17,18)14(19-13(23)10-6-2-1-3-7-10)22-12-9-5-4-8-11(12)20-21-22/h1-9,14H,(H,19,23)/t14-/m1/s1. The number of carbonyl (C=O) groups excluding carboxylic acids is 1. The smallest absolute Gasteiger partial charge is 0.253 e. The van der Waals surface area contributed by atoms with Crippen LogP contribution in [0.1, 0.15) is 16.5 Å². The maximum Gasteiger partial charge on any atom is 0.253 e. The molecule has 0 saturated heterocycles. The van der Waals surface area contributed by atoms with Crippen LogP contribution in [0.15, 0.2) is 54.6 Å². The van der Waals surface area contributed by atoms with Gasteiger partial charge < -0.3 is 5.32 Å². The summed E-state index contributed by atoms with van der Waals surface area (Å²) in [4.78, 5) is 12.4. The Kier molecular flexibility index (Phi) is 4.43. The molecule has 1 N–H and O–H groups in total. The van der Waals surface area contributed by atoms with Gasteiger partial charge in [-0.25, -0.2) is 4.68 Å². The number of hydrogen-bond acceptors (Lipinski definition) is 3. The first-order valence-corrected chi connectivity index (χ1v) is 7.83. The second kappa shape index (κ2) is 6.35. The highest BCUT2D eigenvalue weighted by Gasteiger charge is 2.37. The molecule has 8 heteroatoms. The molecule has 5 nitrogen and oxygen atoms in total. The van der Waals surface area contributed by atoms with Crippen LogP contribution in [0.5, 0.6) is 0 Å². The number of rotatable bonds is 3. The quantitative estimate of drug-likeness (QED) is 0.716. The van der Waals surface area contributed by atoms with Crippen LogP contribution in [0.4, 0.5) is 0 Å². The number of benzene rings is 2. The normalized spacial score (nSPS) is 13.0. The zero-order valence-corrected chi connectivity index (χ0v) is 13.9. The summed E-state index contributed by atoms with van der Waals surface area (Å²) in [5.74, 6) is -0.374. The van der Waals surface area contributed by atoms with E-state index in [1.54, 1.807) is 36.4 Å². The Hall–Kier alpha value is -1.82. The van der Waals surface area contributed by atoms with Gasteiger partial charge in [0.15, 0.2) is 6.17 Å². The molecule has 3 aromatic rings. The topological polar surface area (TPSA) is 59.8 Å². The fourth-order valence-corrected chi connectivity index (χ4v) is 2.60. The van der Waals surface area contributed by atoms with Crippen molar-refractivity contribution < 1.29 is 4.79 Å². The third-order valence-corrected chi connectivity index (χ3v) is 3.86. The van der Waals surface area contributed by atoms with Crippen LogP contribution < -0.4 is 5.32 Å². The number of nitrogens with one attached hydrogen (secondary N) is 1. The highest BCUT2D eigenvalue weighted by molar-refractivity contribution is 6.68. The molecular formula is C15H11Cl3N4O. The number of aromatic nitrogens is 3. The third kappa shape index (κ3) is 3.42. The first-order chi connectivity index (χ1) is 11.0. The Labute approximate surface area is 147 Å². The summed E-state index contributed by atoms with van der Waals surface area (Å²) in [7, 11) is 0. The van der Waals surface area contributed by atoms with Crippen molar-refractivity contribution in [2.24, 2.45) is 0 Å². The van der Waals surface area contributed by atoms with Gasteiger partial charge in [-0.2, -0.15) is 0 Å². The maximum absolute atomic E-state index is 12.4. The summed E-state index contributed by atoms with van der Waals surface area (Å²) in [5, 5.41) is 10.7. The van der Waals surface area contributed by atoms with Crippen molar-refractivity contribution in [2.75, 3.05) is 0 Å². The van der Waals surface area contributed by atoms with E-state index in [-0.39, 0.29) is 5.91 Å². The van der Waals surface area contributed by atoms with Crippen molar-refractivity contribution >= 4 is 51.7 Å². The molecule has 0 fully saturated rings. The molecule has 23 heavy (non-hydrogen) atoms. The lowest BCUT2D eigenvalue weighted by atomic mass is 10.2. The van der Waals surface area contributed by atoms with Crippen molar-refractivity contribution in [3.8, 4) is 0 Å². The van der Waals surface area contributed by atoms with Crippen LogP contribution in [0, 0.1) is 0 Å². The maximum atomic E-state index is 12.4. The molecule has 1 aromatic heterocycles. The van der Waals surface area contributed by atoms with Gasteiger partial charge in [-0.1, -0.05) is 70.3 Å². The minimum atomic E-state index is -1.80. The van der Waals surface area contributed by atoms with Gasteiger partial charge in [-0.15, -0.1) is 5.10 Å². The SMILES string of the molecule is O=C(N[C@H](n1nnc2ccccc21)C(Cl)(Cl)Cl)c1ccccc1. The zero-order chi connectivity index (χ0) is 16.4. The lowest BCUT2D eigenvalue weighted by molar-refractivity contribution is 0.0917. The van der Waals surface area contributed by atoms with Gasteiger partial charge in [0.25, 0.3) is 5.91 Å². The van der Waals surface area contributed by atoms with E-state index >= 15 is 0 Å². The number of para-hydroxylation sites is 1. The van der Waals surface area contributed by atoms with E-state index in [9.17, 15) is 4.79 Å². The molecule has 0 radical (unpaired) electrons. The van der Waals surface area contributed by atoms with E-state index in [1.165, 1.54) is 4.68 Å². The Morgan fingerprint density at radius 2 is 1.70 bits per heavy atom. The molecule has 1 amide bonds. The number of fused-ring (bicyclic) bond motifs is 1. The number of carbonyl (C=O) groups is 1. The van der Waals surface area contributed by atoms with E-state index < -0.39 is 9.96 Å². The predicted molar refractivity (Wildman–Crippen MR) is 90.8 cm³/mol. The second-order valence-electron chi connectivity index (χ2n) is 4.81. The van der Waals surface area contributed by atoms with Gasteiger partial charge in [0, 0.05) is 5.56 Å². The Morgan fingerprint density at radius 3 is 2.39 bits per heavy atom. The molecule has 0 aliphatic heterocycles. The number of alkyl halides is 3. The number of hydrogen-bond donors (Lipinski definition) is 1. The highest BCUT2D eigenvalue weighted by atomic mass is 35.6. The van der Waals surface area contributed by atoms with Gasteiger partial charge in [0.2, 0.25) is 3.79 Å². The van der Waals surface area contributed by atoms with Crippen LogP contribution in [0.3, 0.4) is 0 Å². The van der Waals surface area contributed by atoms with E-state index in [0.717, 1.165) is 0 Å². The fourth-order valence-electron chi connectivity index (χ4n) is 2.16. The summed E-state index contributed by atoms with van der Waals surface area (Å²) >= 11 is 18.2. The van der Waals surface area contributed by atoms with E-state index in [4.69, 9.17) is 34.8 Å². The van der Waals surface area contributed by atoms with Gasteiger partial charge in [-0.3, -0.25) is 4.79 Å². The Morgan fingerprint density at radius 1 is 1.04 bits per heavy atom. The predicted octanol–water partition coefficient (Wildman–Crippen LogP) is 3.73. The fraction of sp³-hybridized carbons (Fsp3) is 0.133. The third-order valence-electron chi connectivity index (χ3n) is 3.24. The second-order valence-corrected chi connectivity index (χ2v) is 7.18. The average molecular weight is 370 g/mol. The van der Waals surface area contributed by atoms with Gasteiger partial charge >= 0.3 is 0 Å². The number of halogens is 3. The van der Waals surface area contributed by atoms with Crippen molar-refractivity contribution in [2.45, 2.75) is 9.96 Å². The average Bonchev–Trinajstić information content (AvgIpc) is 2.96. The number of amides is 1. The molecule has 0 aliphatic carbocycles. The molecule has 1 heterocycles. The molecule has 3 rings (SSSR count). The van der Waals surface area contributed by atoms with E-state index in [0.29, 0.717) is 16.6 Å². The van der Waals surface area contributed by atoms with Crippen LogP contribution in [-0.2, 0) is 0 Å². The summed E-state index contributed by atoms with van der Waals surface area (Å²) in [6, 6.07) is 15.9.